The number of rotatable bonds is 9. The van der Waals surface area contributed by atoms with Gasteiger partial charge in [0, 0.05) is 0 Å². The molecule has 1 unspecified atom stereocenters. The second-order valence-electron chi connectivity index (χ2n) is 9.00. The lowest BCUT2D eigenvalue weighted by Gasteiger charge is -2.28. The third-order valence-corrected chi connectivity index (χ3v) is 6.41. The third kappa shape index (κ3) is 7.28. The molecule has 0 saturated heterocycles. The minimum atomic E-state index is -5.71. The van der Waals surface area contributed by atoms with Crippen LogP contribution in [0.15, 0.2) is 48.5 Å². The van der Waals surface area contributed by atoms with E-state index in [0.29, 0.717) is 11.5 Å². The van der Waals surface area contributed by atoms with E-state index in [0.717, 1.165) is 23.6 Å². The van der Waals surface area contributed by atoms with Gasteiger partial charge in [-0.15, -0.1) is 0 Å². The number of halogens is 6. The summed E-state index contributed by atoms with van der Waals surface area (Å²) in [5.41, 5.74) is 2.95. The summed E-state index contributed by atoms with van der Waals surface area (Å²) in [5.74, 6) is 0.912. The van der Waals surface area contributed by atoms with Crippen molar-refractivity contribution in [2.24, 2.45) is 5.92 Å². The van der Waals surface area contributed by atoms with Crippen molar-refractivity contribution in [3.63, 3.8) is 0 Å². The fourth-order valence-electron chi connectivity index (χ4n) is 4.40. The van der Waals surface area contributed by atoms with Crippen molar-refractivity contribution in [1.29, 1.82) is 0 Å². The summed E-state index contributed by atoms with van der Waals surface area (Å²) in [6.07, 6.45) is -2.57. The lowest BCUT2D eigenvalue weighted by Crippen LogP contribution is -2.45. The van der Waals surface area contributed by atoms with Crippen molar-refractivity contribution >= 4 is 12.2 Å². The van der Waals surface area contributed by atoms with Crippen LogP contribution in [-0.2, 0) is 0 Å². The molecule has 1 aliphatic carbocycles. The summed E-state index contributed by atoms with van der Waals surface area (Å²) >= 11 is 0. The Labute approximate surface area is 196 Å². The van der Waals surface area contributed by atoms with E-state index in [4.69, 9.17) is 0 Å². The van der Waals surface area contributed by atoms with E-state index in [1.807, 2.05) is 18.2 Å². The molecule has 0 aromatic heterocycles. The molecule has 1 nitrogen and oxygen atoms in total. The molecule has 0 amide bonds. The van der Waals surface area contributed by atoms with Crippen molar-refractivity contribution in [3.05, 3.63) is 65.2 Å². The quantitative estimate of drug-likeness (QED) is 0.255. The Bertz CT molecular complexity index is 910. The minimum absolute atomic E-state index is 0.553. The van der Waals surface area contributed by atoms with Gasteiger partial charge >= 0.3 is 12.3 Å². The van der Waals surface area contributed by atoms with Gasteiger partial charge in [0.05, 0.1) is 0 Å². The molecule has 3 rings (SSSR count). The third-order valence-electron chi connectivity index (χ3n) is 6.41. The van der Waals surface area contributed by atoms with Crippen LogP contribution in [0.5, 0.6) is 5.75 Å². The summed E-state index contributed by atoms with van der Waals surface area (Å²) in [6, 6.07) is 13.3. The molecule has 186 valence electrons. The summed E-state index contributed by atoms with van der Waals surface area (Å²) < 4.78 is 80.3. The second-order valence-corrected chi connectivity index (χ2v) is 9.00. The maximum absolute atomic E-state index is 13.4. The van der Waals surface area contributed by atoms with Gasteiger partial charge in [-0.1, -0.05) is 74.7 Å². The van der Waals surface area contributed by atoms with Gasteiger partial charge in [0.2, 0.25) is 0 Å². The maximum atomic E-state index is 13.4. The molecule has 0 heterocycles. The van der Waals surface area contributed by atoms with Crippen LogP contribution in [0.1, 0.15) is 74.5 Å². The SMILES string of the molecule is CCCCC1CCC(c2ccc(/C=C/c3ccc(OC(F)(F)C(F)C(F)(F)F)cc3)cc2)CC1. The summed E-state index contributed by atoms with van der Waals surface area (Å²) in [5, 5.41) is 0. The van der Waals surface area contributed by atoms with Crippen LogP contribution in [-0.4, -0.2) is 18.5 Å². The highest BCUT2D eigenvalue weighted by Crippen LogP contribution is 2.38. The molecule has 0 spiro atoms. The monoisotopic (exact) mass is 484 g/mol. The van der Waals surface area contributed by atoms with E-state index in [1.165, 1.54) is 62.6 Å². The van der Waals surface area contributed by atoms with Crippen molar-refractivity contribution in [2.75, 3.05) is 0 Å². The van der Waals surface area contributed by atoms with Gasteiger partial charge < -0.3 is 4.74 Å². The smallest absolute Gasteiger partial charge is 0.430 e. The van der Waals surface area contributed by atoms with Crippen molar-refractivity contribution < 1.29 is 31.1 Å². The fraction of sp³-hybridized carbons (Fsp3) is 0.481. The van der Waals surface area contributed by atoms with Gasteiger partial charge in [-0.3, -0.25) is 0 Å². The molecule has 2 aromatic carbocycles. The predicted molar refractivity (Wildman–Crippen MR) is 123 cm³/mol. The first kappa shape index (κ1) is 26.2. The zero-order chi connectivity index (χ0) is 24.8. The van der Waals surface area contributed by atoms with Crippen LogP contribution in [0.2, 0.25) is 0 Å². The lowest BCUT2D eigenvalue weighted by molar-refractivity contribution is -0.304. The Balaban J connectivity index is 1.54. The molecule has 1 saturated carbocycles. The molecule has 0 N–H and O–H groups in total. The van der Waals surface area contributed by atoms with Gasteiger partial charge in [0.1, 0.15) is 5.75 Å². The maximum Gasteiger partial charge on any atom is 0.439 e. The van der Waals surface area contributed by atoms with Crippen molar-refractivity contribution in [1.82, 2.24) is 0 Å². The van der Waals surface area contributed by atoms with E-state index in [-0.39, 0.29) is 0 Å². The van der Waals surface area contributed by atoms with Gasteiger partial charge in [0.15, 0.2) is 0 Å². The fourth-order valence-corrected chi connectivity index (χ4v) is 4.40. The van der Waals surface area contributed by atoms with Crippen LogP contribution in [0, 0.1) is 5.92 Å². The number of hydrogen-bond donors (Lipinski definition) is 0. The number of alkyl halides is 6. The topological polar surface area (TPSA) is 9.23 Å². The highest BCUT2D eigenvalue weighted by Gasteiger charge is 2.59. The van der Waals surface area contributed by atoms with Crippen LogP contribution < -0.4 is 4.74 Å². The molecule has 0 aliphatic heterocycles. The Kier molecular flexibility index (Phi) is 8.72. The molecule has 2 aromatic rings. The Hall–Kier alpha value is -2.44. The average Bonchev–Trinajstić information content (AvgIpc) is 2.82. The molecule has 0 radical (unpaired) electrons. The average molecular weight is 485 g/mol. The molecule has 7 heteroatoms. The zero-order valence-corrected chi connectivity index (χ0v) is 19.1. The molecular weight excluding hydrogens is 454 g/mol. The highest BCUT2D eigenvalue weighted by atomic mass is 19.4. The zero-order valence-electron chi connectivity index (χ0n) is 19.1. The molecule has 0 bridgehead atoms. The summed E-state index contributed by atoms with van der Waals surface area (Å²) in [4.78, 5) is 0. The predicted octanol–water partition coefficient (Wildman–Crippen LogP) is 9.19. The minimum Gasteiger partial charge on any atom is -0.430 e. The second kappa shape index (κ2) is 11.3. The van der Waals surface area contributed by atoms with Gasteiger partial charge in [-0.05, 0) is 66.3 Å². The summed E-state index contributed by atoms with van der Waals surface area (Å²) in [6.45, 7) is 2.23. The van der Waals surface area contributed by atoms with Gasteiger partial charge in [0.25, 0.3) is 6.17 Å². The highest BCUT2D eigenvalue weighted by molar-refractivity contribution is 5.69. The largest absolute Gasteiger partial charge is 0.439 e. The van der Waals surface area contributed by atoms with E-state index in [9.17, 15) is 26.3 Å². The standard InChI is InChI=1S/C27H30F6O/c1-2-3-4-19-7-13-22(14-8-19)23-15-9-20(10-16-23)5-6-21-11-17-24(18-12-21)34-27(32,33)25(28)26(29,30)31/h5-6,9-12,15-19,22,25H,2-4,7-8,13-14H2,1H3/b6-5+. The number of hydrogen-bond acceptors (Lipinski definition) is 1. The molecule has 1 aliphatic rings. The first-order chi connectivity index (χ1) is 16.1. The van der Waals surface area contributed by atoms with E-state index in [2.05, 4.69) is 23.8 Å². The molecular formula is C27H30F6O. The van der Waals surface area contributed by atoms with E-state index in [1.54, 1.807) is 6.08 Å². The van der Waals surface area contributed by atoms with Crippen LogP contribution in [0.4, 0.5) is 26.3 Å². The first-order valence-electron chi connectivity index (χ1n) is 11.7. The Morgan fingerprint density at radius 1 is 0.853 bits per heavy atom. The Morgan fingerprint density at radius 3 is 1.88 bits per heavy atom. The van der Waals surface area contributed by atoms with Crippen molar-refractivity contribution in [3.8, 4) is 5.75 Å². The summed E-state index contributed by atoms with van der Waals surface area (Å²) in [7, 11) is 0. The van der Waals surface area contributed by atoms with Crippen LogP contribution in [0.3, 0.4) is 0 Å². The normalized spacial score (nSPS) is 20.4. The number of benzene rings is 2. The molecule has 1 atom stereocenters. The van der Waals surface area contributed by atoms with Crippen LogP contribution in [0.25, 0.3) is 12.2 Å². The molecule has 1 fully saturated rings. The number of unbranched alkanes of at least 4 members (excludes halogenated alkanes) is 1. The van der Waals surface area contributed by atoms with E-state index >= 15 is 0 Å². The number of ether oxygens (including phenoxy) is 1. The Morgan fingerprint density at radius 2 is 1.38 bits per heavy atom. The van der Waals surface area contributed by atoms with Crippen molar-refractivity contribution in [2.45, 2.75) is 76.2 Å². The van der Waals surface area contributed by atoms with E-state index < -0.39 is 24.2 Å². The van der Waals surface area contributed by atoms with Gasteiger partial charge in [-0.2, -0.15) is 22.0 Å². The first-order valence-corrected chi connectivity index (χ1v) is 11.7. The van der Waals surface area contributed by atoms with Crippen LogP contribution >= 0.6 is 0 Å². The van der Waals surface area contributed by atoms with Gasteiger partial charge in [-0.25, -0.2) is 4.39 Å². The lowest BCUT2D eigenvalue weighted by atomic mass is 9.77. The molecule has 34 heavy (non-hydrogen) atoms.